The van der Waals surface area contributed by atoms with E-state index in [4.69, 9.17) is 0 Å². The number of fused-ring (bicyclic) bond motifs is 2. The van der Waals surface area contributed by atoms with Gasteiger partial charge in [0, 0.05) is 34.8 Å². The van der Waals surface area contributed by atoms with E-state index in [1.54, 1.807) is 0 Å². The van der Waals surface area contributed by atoms with Crippen molar-refractivity contribution in [3.05, 3.63) is 118 Å². The Kier molecular flexibility index (Phi) is 3.01. The summed E-state index contributed by atoms with van der Waals surface area (Å²) in [6.07, 6.45) is 0. The molecule has 2 heteroatoms. The molecule has 0 radical (unpaired) electrons. The molecule has 0 fully saturated rings. The zero-order chi connectivity index (χ0) is 20.0. The van der Waals surface area contributed by atoms with Crippen LogP contribution in [0.3, 0.4) is 0 Å². The molecule has 142 valence electrons. The van der Waals surface area contributed by atoms with E-state index in [9.17, 15) is 9.59 Å². The quantitative estimate of drug-likeness (QED) is 0.386. The van der Waals surface area contributed by atoms with Crippen molar-refractivity contribution < 1.29 is 9.59 Å². The zero-order valence-corrected chi connectivity index (χ0v) is 16.2. The second kappa shape index (κ2) is 5.54. The maximum Gasteiger partial charge on any atom is 0.168 e. The van der Waals surface area contributed by atoms with Crippen LogP contribution in [0.25, 0.3) is 10.8 Å². The van der Waals surface area contributed by atoms with Crippen LogP contribution >= 0.6 is 0 Å². The van der Waals surface area contributed by atoms with Gasteiger partial charge < -0.3 is 0 Å². The largest absolute Gasteiger partial charge is 0.294 e. The topological polar surface area (TPSA) is 34.1 Å². The Morgan fingerprint density at radius 2 is 0.800 bits per heavy atom. The van der Waals surface area contributed by atoms with E-state index in [2.05, 4.69) is 24.3 Å². The summed E-state index contributed by atoms with van der Waals surface area (Å²) in [5.41, 5.74) is 6.06. The molecule has 4 aliphatic carbocycles. The van der Waals surface area contributed by atoms with Gasteiger partial charge in [-0.05, 0) is 45.2 Å². The van der Waals surface area contributed by atoms with Crippen LogP contribution in [0.1, 0.15) is 54.8 Å². The predicted octanol–water partition coefficient (Wildman–Crippen LogP) is 5.74. The lowest BCUT2D eigenvalue weighted by molar-refractivity contribution is 0.0664. The molecule has 4 aromatic carbocycles. The van der Waals surface area contributed by atoms with Crippen LogP contribution in [-0.2, 0) is 0 Å². The van der Waals surface area contributed by atoms with Crippen LogP contribution in [0.5, 0.6) is 0 Å². The zero-order valence-electron chi connectivity index (χ0n) is 16.2. The van der Waals surface area contributed by atoms with E-state index in [1.807, 2.05) is 60.7 Å². The summed E-state index contributed by atoms with van der Waals surface area (Å²) in [6.45, 7) is 0. The predicted molar refractivity (Wildman–Crippen MR) is 116 cm³/mol. The van der Waals surface area contributed by atoms with Crippen molar-refractivity contribution in [2.24, 2.45) is 11.8 Å². The summed E-state index contributed by atoms with van der Waals surface area (Å²) in [5.74, 6) is -0.493. The van der Waals surface area contributed by atoms with Gasteiger partial charge in [-0.25, -0.2) is 0 Å². The van der Waals surface area contributed by atoms with E-state index in [-0.39, 0.29) is 35.2 Å². The Morgan fingerprint density at radius 1 is 0.467 bits per heavy atom. The Labute approximate surface area is 174 Å². The van der Waals surface area contributed by atoms with Crippen molar-refractivity contribution in [2.75, 3.05) is 0 Å². The second-order valence-corrected chi connectivity index (χ2v) is 8.74. The fraction of sp³-hybridized carbons (Fsp3) is 0.143. The summed E-state index contributed by atoms with van der Waals surface area (Å²) >= 11 is 0. The van der Waals surface area contributed by atoms with Crippen molar-refractivity contribution >= 4 is 22.3 Å². The first-order valence-electron chi connectivity index (χ1n) is 10.5. The number of ketones is 2. The lowest BCUT2D eigenvalue weighted by Crippen LogP contribution is -2.50. The van der Waals surface area contributed by atoms with Gasteiger partial charge in [0.1, 0.15) is 0 Å². The first-order valence-corrected chi connectivity index (χ1v) is 10.5. The van der Waals surface area contributed by atoms with E-state index in [0.29, 0.717) is 11.1 Å². The fourth-order valence-corrected chi connectivity index (χ4v) is 6.31. The molecule has 0 saturated carbocycles. The highest BCUT2D eigenvalue weighted by Crippen LogP contribution is 2.61. The molecule has 0 aliphatic heterocycles. The molecule has 4 aromatic rings. The SMILES string of the molecule is O=C1c2cc3ccccc3cc2C(=O)[C@H]2C3c4ccccc4C(c4ccccc43)[C@@H]12. The third-order valence-electron chi connectivity index (χ3n) is 7.46. The Balaban J connectivity index is 1.53. The highest BCUT2D eigenvalue weighted by Gasteiger charge is 2.57. The number of hydrogen-bond donors (Lipinski definition) is 0. The van der Waals surface area contributed by atoms with Crippen LogP contribution in [0.4, 0.5) is 0 Å². The lowest BCUT2D eigenvalue weighted by atomic mass is 9.50. The Bertz CT molecular complexity index is 1260. The van der Waals surface area contributed by atoms with Gasteiger partial charge in [-0.3, -0.25) is 9.59 Å². The minimum Gasteiger partial charge on any atom is -0.294 e. The van der Waals surface area contributed by atoms with Gasteiger partial charge in [0.15, 0.2) is 11.6 Å². The molecular weight excluding hydrogens is 368 g/mol. The van der Waals surface area contributed by atoms with Crippen LogP contribution in [0, 0.1) is 11.8 Å². The second-order valence-electron chi connectivity index (χ2n) is 8.74. The summed E-state index contributed by atoms with van der Waals surface area (Å²) in [5, 5.41) is 2.02. The number of Topliss-reactive ketones (excluding diaryl/α,β-unsaturated/α-hetero) is 2. The van der Waals surface area contributed by atoms with E-state index in [1.165, 1.54) is 22.3 Å². The van der Waals surface area contributed by atoms with E-state index < -0.39 is 0 Å². The molecule has 0 saturated heterocycles. The van der Waals surface area contributed by atoms with Gasteiger partial charge in [0.05, 0.1) is 0 Å². The standard InChI is InChI=1S/C28H18O2/c29-27-21-13-15-7-1-2-8-16(15)14-22(21)28(30)26-24-19-11-5-3-9-17(19)23(25(26)27)18-10-4-6-12-20(18)24/h1-14,23-26H/t23?,24?,25-,26+. The number of carbonyl (C=O) groups excluding carboxylic acids is 2. The normalized spacial score (nSPS) is 25.5. The van der Waals surface area contributed by atoms with Crippen molar-refractivity contribution in [3.8, 4) is 0 Å². The van der Waals surface area contributed by atoms with Gasteiger partial charge >= 0.3 is 0 Å². The molecule has 0 aromatic heterocycles. The van der Waals surface area contributed by atoms with E-state index in [0.717, 1.165) is 10.8 Å². The molecular formula is C28H18O2. The maximum absolute atomic E-state index is 13.9. The van der Waals surface area contributed by atoms with E-state index >= 15 is 0 Å². The Hall–Kier alpha value is -3.52. The van der Waals surface area contributed by atoms with Gasteiger partial charge in [-0.1, -0.05) is 72.8 Å². The third-order valence-corrected chi connectivity index (χ3v) is 7.46. The third kappa shape index (κ3) is 1.85. The monoisotopic (exact) mass is 386 g/mol. The van der Waals surface area contributed by atoms with Gasteiger partial charge in [-0.2, -0.15) is 0 Å². The molecule has 8 rings (SSSR count). The van der Waals surface area contributed by atoms with Crippen LogP contribution in [-0.4, -0.2) is 11.6 Å². The first kappa shape index (κ1) is 16.3. The molecule has 2 nitrogen and oxygen atoms in total. The minimum absolute atomic E-state index is 0.0523. The molecule has 0 amide bonds. The molecule has 0 unspecified atom stereocenters. The summed E-state index contributed by atoms with van der Waals surface area (Å²) in [7, 11) is 0. The highest BCUT2D eigenvalue weighted by molar-refractivity contribution is 6.19. The number of rotatable bonds is 0. The van der Waals surface area contributed by atoms with Crippen molar-refractivity contribution in [1.29, 1.82) is 0 Å². The van der Waals surface area contributed by atoms with Crippen molar-refractivity contribution in [2.45, 2.75) is 11.8 Å². The van der Waals surface area contributed by atoms with Gasteiger partial charge in [0.2, 0.25) is 0 Å². The Morgan fingerprint density at radius 3 is 1.17 bits per heavy atom. The maximum atomic E-state index is 13.9. The van der Waals surface area contributed by atoms with Gasteiger partial charge in [-0.15, -0.1) is 0 Å². The summed E-state index contributed by atoms with van der Waals surface area (Å²) < 4.78 is 0. The number of hydrogen-bond acceptors (Lipinski definition) is 2. The number of carbonyl (C=O) groups is 2. The van der Waals surface area contributed by atoms with Crippen molar-refractivity contribution in [3.63, 3.8) is 0 Å². The minimum atomic E-state index is -0.319. The average molecular weight is 386 g/mol. The van der Waals surface area contributed by atoms with Crippen LogP contribution < -0.4 is 0 Å². The molecule has 0 N–H and O–H groups in total. The molecule has 0 heterocycles. The first-order chi connectivity index (χ1) is 14.7. The molecule has 0 spiro atoms. The highest BCUT2D eigenvalue weighted by atomic mass is 16.1. The molecule has 2 atom stereocenters. The van der Waals surface area contributed by atoms with Crippen LogP contribution in [0.2, 0.25) is 0 Å². The van der Waals surface area contributed by atoms with Gasteiger partial charge in [0.25, 0.3) is 0 Å². The van der Waals surface area contributed by atoms with Crippen molar-refractivity contribution in [1.82, 2.24) is 0 Å². The lowest BCUT2D eigenvalue weighted by Gasteiger charge is -2.51. The molecule has 2 bridgehead atoms. The molecule has 30 heavy (non-hydrogen) atoms. The average Bonchev–Trinajstić information content (AvgIpc) is 2.81. The smallest absolute Gasteiger partial charge is 0.168 e. The molecule has 4 aliphatic rings. The summed E-state index contributed by atoms with van der Waals surface area (Å²) in [6, 6.07) is 28.6. The fourth-order valence-electron chi connectivity index (χ4n) is 6.31. The van der Waals surface area contributed by atoms with Crippen LogP contribution in [0.15, 0.2) is 84.9 Å². The summed E-state index contributed by atoms with van der Waals surface area (Å²) in [4.78, 5) is 27.8. The number of benzene rings is 4.